The highest BCUT2D eigenvalue weighted by atomic mass is 16.7. The summed E-state index contributed by atoms with van der Waals surface area (Å²) in [5, 5.41) is 0. The average molecular weight is 262 g/mol. The van der Waals surface area contributed by atoms with Gasteiger partial charge in [-0.25, -0.2) is 0 Å². The lowest BCUT2D eigenvalue weighted by molar-refractivity contribution is -0.203. The minimum atomic E-state index is -0.335. The molecular weight excluding hydrogens is 240 g/mol. The number of fused-ring (bicyclic) bond motifs is 5. The van der Waals surface area contributed by atoms with Crippen molar-refractivity contribution in [3.63, 3.8) is 0 Å². The number of ether oxygens (including phenoxy) is 2. The second kappa shape index (κ2) is 2.80. The molecule has 0 N–H and O–H groups in total. The second-order valence-corrected chi connectivity index (χ2v) is 8.17. The van der Waals surface area contributed by atoms with E-state index in [4.69, 9.17) is 9.47 Å². The summed E-state index contributed by atoms with van der Waals surface area (Å²) in [5.41, 5.74) is 0.0840. The molecule has 4 saturated carbocycles. The number of hydrogen-bond donors (Lipinski definition) is 0. The summed E-state index contributed by atoms with van der Waals surface area (Å²) >= 11 is 0. The van der Waals surface area contributed by atoms with Crippen molar-refractivity contribution in [1.82, 2.24) is 0 Å². The van der Waals surface area contributed by atoms with E-state index in [1.807, 2.05) is 0 Å². The number of carbonyl (C=O) groups is 1. The molecule has 5 fully saturated rings. The van der Waals surface area contributed by atoms with Crippen molar-refractivity contribution >= 4 is 5.78 Å². The maximum absolute atomic E-state index is 12.7. The number of hydrogen-bond acceptors (Lipinski definition) is 3. The first-order chi connectivity index (χ1) is 8.94. The van der Waals surface area contributed by atoms with Gasteiger partial charge in [0.15, 0.2) is 5.79 Å². The van der Waals surface area contributed by atoms with Crippen LogP contribution in [0.15, 0.2) is 0 Å². The molecule has 0 unspecified atom stereocenters. The average Bonchev–Trinajstić information content (AvgIpc) is 2.78. The molecule has 1 heterocycles. The Morgan fingerprint density at radius 1 is 1.11 bits per heavy atom. The molecule has 3 nitrogen and oxygen atoms in total. The fourth-order valence-corrected chi connectivity index (χ4v) is 7.04. The van der Waals surface area contributed by atoms with E-state index in [1.165, 1.54) is 6.42 Å². The lowest BCUT2D eigenvalue weighted by Crippen LogP contribution is -2.44. The van der Waals surface area contributed by atoms with E-state index in [2.05, 4.69) is 20.8 Å². The van der Waals surface area contributed by atoms with Gasteiger partial charge >= 0.3 is 0 Å². The molecule has 19 heavy (non-hydrogen) atoms. The molecule has 3 heteroatoms. The number of carbonyl (C=O) groups excluding carboxylic acids is 1. The number of ketones is 1. The van der Waals surface area contributed by atoms with Gasteiger partial charge in [-0.15, -0.1) is 0 Å². The third-order valence-electron chi connectivity index (χ3n) is 7.40. The van der Waals surface area contributed by atoms with Crippen molar-refractivity contribution in [3.8, 4) is 0 Å². The molecule has 4 aliphatic carbocycles. The molecule has 0 bridgehead atoms. The zero-order valence-electron chi connectivity index (χ0n) is 11.9. The van der Waals surface area contributed by atoms with Crippen LogP contribution in [0.1, 0.15) is 33.6 Å². The van der Waals surface area contributed by atoms with Crippen LogP contribution in [0.3, 0.4) is 0 Å². The molecule has 1 saturated heterocycles. The summed E-state index contributed by atoms with van der Waals surface area (Å²) in [6.45, 7) is 8.15. The topological polar surface area (TPSA) is 35.5 Å². The van der Waals surface area contributed by atoms with Gasteiger partial charge < -0.3 is 9.47 Å². The first-order valence-electron chi connectivity index (χ1n) is 7.77. The fraction of sp³-hybridized carbons (Fsp3) is 0.938. The highest BCUT2D eigenvalue weighted by Crippen LogP contribution is 2.86. The minimum Gasteiger partial charge on any atom is -0.347 e. The molecule has 0 radical (unpaired) electrons. The SMILES string of the molecule is CC1(C)C(=O)[C@@H]2[C@@H]3[C@H]4CCC5(OCCO5)[C@H]4[C@H]1[C@@]32C. The third-order valence-corrected chi connectivity index (χ3v) is 7.40. The van der Waals surface area contributed by atoms with Crippen LogP contribution in [0.4, 0.5) is 0 Å². The van der Waals surface area contributed by atoms with Gasteiger partial charge in [-0.2, -0.15) is 0 Å². The first-order valence-corrected chi connectivity index (χ1v) is 7.77. The molecule has 0 amide bonds. The van der Waals surface area contributed by atoms with Crippen molar-refractivity contribution in [1.29, 1.82) is 0 Å². The van der Waals surface area contributed by atoms with E-state index in [0.717, 1.165) is 19.6 Å². The summed E-state index contributed by atoms with van der Waals surface area (Å²) in [6.07, 6.45) is 2.24. The molecule has 6 atom stereocenters. The Morgan fingerprint density at radius 2 is 1.79 bits per heavy atom. The Kier molecular flexibility index (Phi) is 1.66. The molecule has 5 rings (SSSR count). The Labute approximate surface area is 114 Å². The van der Waals surface area contributed by atoms with Crippen molar-refractivity contribution in [3.05, 3.63) is 0 Å². The van der Waals surface area contributed by atoms with Crippen molar-refractivity contribution < 1.29 is 14.3 Å². The highest BCUT2D eigenvalue weighted by Gasteiger charge is 2.88. The Morgan fingerprint density at radius 3 is 2.47 bits per heavy atom. The number of Topliss-reactive ketones (excluding diaryl/α,β-unsaturated/α-hetero) is 1. The minimum absolute atomic E-state index is 0.179. The molecule has 0 aromatic heterocycles. The van der Waals surface area contributed by atoms with Crippen LogP contribution in [0.5, 0.6) is 0 Å². The van der Waals surface area contributed by atoms with Crippen molar-refractivity contribution in [2.24, 2.45) is 40.4 Å². The summed E-state index contributed by atoms with van der Waals surface area (Å²) in [7, 11) is 0. The maximum Gasteiger partial charge on any atom is 0.171 e. The van der Waals surface area contributed by atoms with Gasteiger partial charge in [0, 0.05) is 23.7 Å². The molecule has 0 aromatic carbocycles. The summed E-state index contributed by atoms with van der Waals surface area (Å²) in [6, 6.07) is 0. The van der Waals surface area contributed by atoms with Gasteiger partial charge in [-0.1, -0.05) is 20.8 Å². The van der Waals surface area contributed by atoms with Gasteiger partial charge in [0.25, 0.3) is 0 Å². The highest BCUT2D eigenvalue weighted by molar-refractivity contribution is 5.95. The lowest BCUT2D eigenvalue weighted by atomic mass is 9.68. The Balaban J connectivity index is 1.66. The van der Waals surface area contributed by atoms with E-state index in [1.54, 1.807) is 0 Å². The molecule has 5 aliphatic rings. The largest absolute Gasteiger partial charge is 0.347 e. The normalized spacial score (nSPS) is 58.7. The zero-order chi connectivity index (χ0) is 13.2. The monoisotopic (exact) mass is 262 g/mol. The lowest BCUT2D eigenvalue weighted by Gasteiger charge is -2.40. The summed E-state index contributed by atoms with van der Waals surface area (Å²) in [4.78, 5) is 12.7. The van der Waals surface area contributed by atoms with Crippen LogP contribution in [0.2, 0.25) is 0 Å². The van der Waals surface area contributed by atoms with Crippen LogP contribution in [-0.2, 0) is 14.3 Å². The Hall–Kier alpha value is -0.410. The van der Waals surface area contributed by atoms with E-state index in [0.29, 0.717) is 35.4 Å². The molecule has 1 aliphatic heterocycles. The van der Waals surface area contributed by atoms with Gasteiger partial charge in [0.2, 0.25) is 0 Å². The van der Waals surface area contributed by atoms with Crippen LogP contribution in [0.25, 0.3) is 0 Å². The second-order valence-electron chi connectivity index (χ2n) is 8.17. The van der Waals surface area contributed by atoms with Crippen LogP contribution >= 0.6 is 0 Å². The predicted molar refractivity (Wildman–Crippen MR) is 68.2 cm³/mol. The van der Waals surface area contributed by atoms with Crippen LogP contribution in [-0.4, -0.2) is 24.8 Å². The Bertz CT molecular complexity index is 490. The molecule has 104 valence electrons. The number of rotatable bonds is 0. The van der Waals surface area contributed by atoms with Crippen LogP contribution < -0.4 is 0 Å². The van der Waals surface area contributed by atoms with Gasteiger partial charge in [-0.05, 0) is 29.6 Å². The standard InChI is InChI=1S/C16H22O3/c1-14(2)12-10-8(4-5-16(10)18-6-7-19-16)9-11(13(14)17)15(9,12)3/h8-12H,4-7H2,1-3H3/t8-,9+,10-,11+,12-,15+/m1/s1. The maximum atomic E-state index is 12.7. The van der Waals surface area contributed by atoms with Crippen molar-refractivity contribution in [2.75, 3.05) is 13.2 Å². The zero-order valence-corrected chi connectivity index (χ0v) is 11.9. The summed E-state index contributed by atoms with van der Waals surface area (Å²) < 4.78 is 12.1. The molecule has 0 aromatic rings. The van der Waals surface area contributed by atoms with E-state index >= 15 is 0 Å². The third kappa shape index (κ3) is 0.909. The van der Waals surface area contributed by atoms with Gasteiger partial charge in [-0.3, -0.25) is 4.79 Å². The fourth-order valence-electron chi connectivity index (χ4n) is 7.04. The van der Waals surface area contributed by atoms with Gasteiger partial charge in [0.05, 0.1) is 13.2 Å². The quantitative estimate of drug-likeness (QED) is 0.671. The van der Waals surface area contributed by atoms with Crippen LogP contribution in [0, 0.1) is 40.4 Å². The van der Waals surface area contributed by atoms with Crippen molar-refractivity contribution in [2.45, 2.75) is 39.4 Å². The smallest absolute Gasteiger partial charge is 0.171 e. The summed E-state index contributed by atoms with van der Waals surface area (Å²) in [5.74, 6) is 2.77. The van der Waals surface area contributed by atoms with E-state index < -0.39 is 0 Å². The van der Waals surface area contributed by atoms with Gasteiger partial charge in [0.1, 0.15) is 5.78 Å². The van der Waals surface area contributed by atoms with E-state index in [-0.39, 0.29) is 16.6 Å². The predicted octanol–water partition coefficient (Wildman–Crippen LogP) is 2.25. The first kappa shape index (κ1) is 11.3. The molecule has 1 spiro atoms. The molecular formula is C16H22O3. The van der Waals surface area contributed by atoms with E-state index in [9.17, 15) is 4.79 Å².